The number of esters is 1. The van der Waals surface area contributed by atoms with Gasteiger partial charge in [-0.1, -0.05) is 0 Å². The molecule has 1 aromatic rings. The van der Waals surface area contributed by atoms with Crippen LogP contribution in [0.25, 0.3) is 0 Å². The number of hydrogen-bond acceptors (Lipinski definition) is 6. The molecular weight excluding hydrogens is 284 g/mol. The maximum atomic E-state index is 12.5. The van der Waals surface area contributed by atoms with E-state index in [1.165, 1.54) is 0 Å². The lowest BCUT2D eigenvalue weighted by atomic mass is 10.3. The van der Waals surface area contributed by atoms with Crippen molar-refractivity contribution < 1.29 is 14.3 Å². The summed E-state index contributed by atoms with van der Waals surface area (Å²) in [6, 6.07) is 1.64. The summed E-state index contributed by atoms with van der Waals surface area (Å²) in [5.74, 6) is 0.293. The predicted octanol–water partition coefficient (Wildman–Crippen LogP) is 0.496. The SMILES string of the molecule is CCOC(=O)CN1CCCN(C(=O)c2ccnc(C)n2)CC1. The van der Waals surface area contributed by atoms with Crippen LogP contribution in [0.5, 0.6) is 0 Å². The first-order chi connectivity index (χ1) is 10.6. The number of aromatic nitrogens is 2. The number of carbonyl (C=O) groups is 2. The van der Waals surface area contributed by atoms with E-state index in [0.717, 1.165) is 13.0 Å². The van der Waals surface area contributed by atoms with E-state index >= 15 is 0 Å². The molecule has 1 fully saturated rings. The summed E-state index contributed by atoms with van der Waals surface area (Å²) < 4.78 is 4.96. The van der Waals surface area contributed by atoms with Crippen molar-refractivity contribution in [3.8, 4) is 0 Å². The third-order valence-corrected chi connectivity index (χ3v) is 3.53. The Kier molecular flexibility index (Phi) is 5.83. The van der Waals surface area contributed by atoms with Crippen LogP contribution in [0.4, 0.5) is 0 Å². The summed E-state index contributed by atoms with van der Waals surface area (Å²) in [6.45, 7) is 6.93. The van der Waals surface area contributed by atoms with Crippen LogP contribution in [-0.2, 0) is 9.53 Å². The first-order valence-electron chi connectivity index (χ1n) is 7.57. The average Bonchev–Trinajstić information content (AvgIpc) is 2.72. The van der Waals surface area contributed by atoms with E-state index in [1.54, 1.807) is 31.0 Å². The maximum absolute atomic E-state index is 12.5. The molecule has 1 aromatic heterocycles. The van der Waals surface area contributed by atoms with Gasteiger partial charge in [0.2, 0.25) is 0 Å². The third kappa shape index (κ3) is 4.49. The summed E-state index contributed by atoms with van der Waals surface area (Å²) in [4.78, 5) is 36.0. The monoisotopic (exact) mass is 306 g/mol. The van der Waals surface area contributed by atoms with Gasteiger partial charge in [-0.2, -0.15) is 0 Å². The van der Waals surface area contributed by atoms with Crippen LogP contribution in [0.1, 0.15) is 29.7 Å². The van der Waals surface area contributed by atoms with Crippen molar-refractivity contribution in [2.24, 2.45) is 0 Å². The molecule has 1 amide bonds. The zero-order chi connectivity index (χ0) is 15.9. The Labute approximate surface area is 130 Å². The molecule has 2 heterocycles. The van der Waals surface area contributed by atoms with Crippen LogP contribution in [0, 0.1) is 6.92 Å². The normalized spacial score (nSPS) is 16.2. The molecule has 1 saturated heterocycles. The first kappa shape index (κ1) is 16.4. The number of carbonyl (C=O) groups excluding carboxylic acids is 2. The van der Waals surface area contributed by atoms with Crippen molar-refractivity contribution in [2.45, 2.75) is 20.3 Å². The fourth-order valence-electron chi connectivity index (χ4n) is 2.46. The highest BCUT2D eigenvalue weighted by molar-refractivity contribution is 5.92. The molecule has 7 nitrogen and oxygen atoms in total. The van der Waals surface area contributed by atoms with Gasteiger partial charge in [0.1, 0.15) is 11.5 Å². The zero-order valence-corrected chi connectivity index (χ0v) is 13.1. The topological polar surface area (TPSA) is 75.6 Å². The van der Waals surface area contributed by atoms with Crippen molar-refractivity contribution in [2.75, 3.05) is 39.3 Å². The number of aryl methyl sites for hydroxylation is 1. The van der Waals surface area contributed by atoms with Crippen LogP contribution in [-0.4, -0.2) is 71.0 Å². The minimum Gasteiger partial charge on any atom is -0.465 e. The van der Waals surface area contributed by atoms with Crippen molar-refractivity contribution >= 4 is 11.9 Å². The molecule has 7 heteroatoms. The predicted molar refractivity (Wildman–Crippen MR) is 80.4 cm³/mol. The van der Waals surface area contributed by atoms with Gasteiger partial charge in [-0.15, -0.1) is 0 Å². The Balaban J connectivity index is 1.92. The maximum Gasteiger partial charge on any atom is 0.320 e. The second-order valence-corrected chi connectivity index (χ2v) is 5.22. The summed E-state index contributed by atoms with van der Waals surface area (Å²) in [5.41, 5.74) is 0.423. The van der Waals surface area contributed by atoms with Gasteiger partial charge in [0, 0.05) is 32.4 Å². The molecule has 22 heavy (non-hydrogen) atoms. The number of rotatable bonds is 4. The van der Waals surface area contributed by atoms with E-state index < -0.39 is 0 Å². The zero-order valence-electron chi connectivity index (χ0n) is 13.1. The van der Waals surface area contributed by atoms with E-state index in [9.17, 15) is 9.59 Å². The second kappa shape index (κ2) is 7.84. The molecule has 0 unspecified atom stereocenters. The molecule has 0 bridgehead atoms. The lowest BCUT2D eigenvalue weighted by molar-refractivity contribution is -0.144. The first-order valence-corrected chi connectivity index (χ1v) is 7.57. The molecule has 0 aliphatic carbocycles. The lowest BCUT2D eigenvalue weighted by Gasteiger charge is -2.21. The summed E-state index contributed by atoms with van der Waals surface area (Å²) in [5, 5.41) is 0. The molecule has 120 valence electrons. The number of nitrogens with zero attached hydrogens (tertiary/aromatic N) is 4. The molecule has 1 aliphatic heterocycles. The molecule has 0 N–H and O–H groups in total. The van der Waals surface area contributed by atoms with Crippen LogP contribution in [0.2, 0.25) is 0 Å². The highest BCUT2D eigenvalue weighted by atomic mass is 16.5. The van der Waals surface area contributed by atoms with Crippen molar-refractivity contribution in [3.05, 3.63) is 23.8 Å². The highest BCUT2D eigenvalue weighted by Gasteiger charge is 2.22. The number of ether oxygens (including phenoxy) is 1. The molecule has 2 rings (SSSR count). The second-order valence-electron chi connectivity index (χ2n) is 5.22. The molecule has 1 aliphatic rings. The van der Waals surface area contributed by atoms with Gasteiger partial charge in [-0.3, -0.25) is 14.5 Å². The van der Waals surface area contributed by atoms with Crippen molar-refractivity contribution in [3.63, 3.8) is 0 Å². The van der Waals surface area contributed by atoms with Crippen LogP contribution < -0.4 is 0 Å². The van der Waals surface area contributed by atoms with E-state index in [1.807, 2.05) is 4.90 Å². The molecule has 0 saturated carbocycles. The minimum absolute atomic E-state index is 0.0801. The van der Waals surface area contributed by atoms with Crippen LogP contribution in [0.3, 0.4) is 0 Å². The van der Waals surface area contributed by atoms with Gasteiger partial charge in [0.25, 0.3) is 5.91 Å². The van der Waals surface area contributed by atoms with Crippen molar-refractivity contribution in [1.29, 1.82) is 0 Å². The largest absolute Gasteiger partial charge is 0.465 e. The molecule has 0 spiro atoms. The Morgan fingerprint density at radius 3 is 2.82 bits per heavy atom. The van der Waals surface area contributed by atoms with Gasteiger partial charge in [0.15, 0.2) is 0 Å². The summed E-state index contributed by atoms with van der Waals surface area (Å²) >= 11 is 0. The van der Waals surface area contributed by atoms with Gasteiger partial charge >= 0.3 is 5.97 Å². The Bertz CT molecular complexity index is 535. The van der Waals surface area contributed by atoms with Crippen LogP contribution in [0.15, 0.2) is 12.3 Å². The van der Waals surface area contributed by atoms with E-state index in [4.69, 9.17) is 4.74 Å². The molecule has 0 radical (unpaired) electrons. The standard InChI is InChI=1S/C15H22N4O3/c1-3-22-14(20)11-18-7-4-8-19(10-9-18)15(21)13-5-6-16-12(2)17-13/h5-6H,3-4,7-11H2,1-2H3. The minimum atomic E-state index is -0.214. The molecular formula is C15H22N4O3. The smallest absolute Gasteiger partial charge is 0.320 e. The van der Waals surface area contributed by atoms with Crippen molar-refractivity contribution in [1.82, 2.24) is 19.8 Å². The van der Waals surface area contributed by atoms with Gasteiger partial charge < -0.3 is 9.64 Å². The summed E-state index contributed by atoms with van der Waals surface area (Å²) in [7, 11) is 0. The van der Waals surface area contributed by atoms with E-state index in [0.29, 0.717) is 37.8 Å². The fourth-order valence-corrected chi connectivity index (χ4v) is 2.46. The molecule has 0 atom stereocenters. The van der Waals surface area contributed by atoms with Gasteiger partial charge in [-0.25, -0.2) is 9.97 Å². The average molecular weight is 306 g/mol. The highest BCUT2D eigenvalue weighted by Crippen LogP contribution is 2.08. The van der Waals surface area contributed by atoms with E-state index in [-0.39, 0.29) is 18.4 Å². The Morgan fingerprint density at radius 2 is 2.09 bits per heavy atom. The summed E-state index contributed by atoms with van der Waals surface area (Å²) in [6.07, 6.45) is 2.43. The fraction of sp³-hybridized carbons (Fsp3) is 0.600. The van der Waals surface area contributed by atoms with E-state index in [2.05, 4.69) is 9.97 Å². The number of hydrogen-bond donors (Lipinski definition) is 0. The lowest BCUT2D eigenvalue weighted by Crippen LogP contribution is -2.37. The Hall–Kier alpha value is -2.02. The quantitative estimate of drug-likeness (QED) is 0.754. The van der Waals surface area contributed by atoms with Gasteiger partial charge in [-0.05, 0) is 26.3 Å². The number of amides is 1. The van der Waals surface area contributed by atoms with Gasteiger partial charge in [0.05, 0.1) is 13.2 Å². The molecule has 0 aromatic carbocycles. The Morgan fingerprint density at radius 1 is 1.27 bits per heavy atom. The van der Waals surface area contributed by atoms with Crippen LogP contribution >= 0.6 is 0 Å². The third-order valence-electron chi connectivity index (χ3n) is 3.53.